The molecule has 0 aliphatic heterocycles. The van der Waals surface area contributed by atoms with Gasteiger partial charge in [0.25, 0.3) is 0 Å². The van der Waals surface area contributed by atoms with Crippen LogP contribution in [0.5, 0.6) is 0 Å². The largest absolute Gasteiger partial charge is 0.304 e. The molecule has 1 nitrogen and oxygen atoms in total. The summed E-state index contributed by atoms with van der Waals surface area (Å²) in [4.78, 5) is 2.24. The summed E-state index contributed by atoms with van der Waals surface area (Å²) in [5, 5.41) is 0. The zero-order chi connectivity index (χ0) is 8.20. The zero-order valence-corrected chi connectivity index (χ0v) is 8.75. The molecule has 0 saturated carbocycles. The summed E-state index contributed by atoms with van der Waals surface area (Å²) in [6.45, 7) is 6.28. The van der Waals surface area contributed by atoms with Gasteiger partial charge in [0, 0.05) is 23.6 Å². The van der Waals surface area contributed by atoms with Gasteiger partial charge >= 0.3 is 0 Å². The van der Waals surface area contributed by atoms with Gasteiger partial charge in [-0.1, -0.05) is 0 Å². The Morgan fingerprint density at radius 1 is 1.40 bits per heavy atom. The van der Waals surface area contributed by atoms with Gasteiger partial charge < -0.3 is 4.90 Å². The molecule has 0 bridgehead atoms. The third kappa shape index (κ3) is 6.78. The molecule has 0 fully saturated rings. The molecule has 0 aliphatic rings. The fourth-order valence-corrected chi connectivity index (χ4v) is 1.49. The van der Waals surface area contributed by atoms with Crippen LogP contribution in [0.15, 0.2) is 0 Å². The van der Waals surface area contributed by atoms with Gasteiger partial charge in [-0.05, 0) is 20.9 Å². The molecule has 0 rings (SSSR count). The fourth-order valence-electron chi connectivity index (χ4n) is 0.910. The van der Waals surface area contributed by atoms with Crippen LogP contribution in [0, 0.1) is 0 Å². The Morgan fingerprint density at radius 3 is 2.20 bits per heavy atom. The third-order valence-electron chi connectivity index (χ3n) is 1.14. The highest BCUT2D eigenvalue weighted by Gasteiger charge is 2.13. The first-order valence-corrected chi connectivity index (χ1v) is 4.55. The van der Waals surface area contributed by atoms with Gasteiger partial charge in [0.1, 0.15) is 0 Å². The van der Waals surface area contributed by atoms with E-state index in [2.05, 4.69) is 51.1 Å². The average Bonchev–Trinajstić information content (AvgIpc) is 1.59. The Kier molecular flexibility index (Phi) is 4.82. The van der Waals surface area contributed by atoms with E-state index in [-0.39, 0.29) is 4.75 Å². The van der Waals surface area contributed by atoms with E-state index in [0.29, 0.717) is 0 Å². The van der Waals surface area contributed by atoms with Crippen molar-refractivity contribution in [3.8, 4) is 0 Å². The highest BCUT2D eigenvalue weighted by atomic mass is 32.1. The van der Waals surface area contributed by atoms with E-state index < -0.39 is 0 Å². The summed E-state index contributed by atoms with van der Waals surface area (Å²) in [5.41, 5.74) is 0. The van der Waals surface area contributed by atoms with Crippen LogP contribution in [0.1, 0.15) is 13.8 Å². The lowest BCUT2D eigenvalue weighted by atomic mass is 10.2. The van der Waals surface area contributed by atoms with Gasteiger partial charge in [0.15, 0.2) is 0 Å². The maximum atomic E-state index is 4.42. The van der Waals surface area contributed by atoms with Gasteiger partial charge in [0.2, 0.25) is 0 Å². The molecule has 0 aromatic heterocycles. The van der Waals surface area contributed by atoms with E-state index in [1.807, 2.05) is 0 Å². The Labute approximate surface area is 75.0 Å². The van der Waals surface area contributed by atoms with Crippen LogP contribution in [0.25, 0.3) is 0 Å². The van der Waals surface area contributed by atoms with E-state index in [1.54, 1.807) is 0 Å². The molecule has 0 aliphatic carbocycles. The van der Waals surface area contributed by atoms with Crippen LogP contribution in [0.4, 0.5) is 0 Å². The van der Waals surface area contributed by atoms with Crippen molar-refractivity contribution >= 4 is 25.3 Å². The molecule has 0 heterocycles. The van der Waals surface area contributed by atoms with E-state index in [1.165, 1.54) is 0 Å². The summed E-state index contributed by atoms with van der Waals surface area (Å²) in [6.07, 6.45) is 0. The average molecular weight is 179 g/mol. The van der Waals surface area contributed by atoms with Crippen LogP contribution >= 0.6 is 25.3 Å². The smallest absolute Gasteiger partial charge is 0.0200 e. The molecular weight excluding hydrogens is 162 g/mol. The van der Waals surface area contributed by atoms with Gasteiger partial charge in [-0.15, -0.1) is 0 Å². The minimum atomic E-state index is 0.109. The minimum Gasteiger partial charge on any atom is -0.304 e. The Hall–Kier alpha value is 0.660. The second-order valence-electron chi connectivity index (χ2n) is 3.27. The summed E-state index contributed by atoms with van der Waals surface area (Å²) in [6, 6.07) is 0. The van der Waals surface area contributed by atoms with Crippen molar-refractivity contribution in [2.24, 2.45) is 0 Å². The highest BCUT2D eigenvalue weighted by molar-refractivity contribution is 7.81. The second kappa shape index (κ2) is 4.52. The lowest BCUT2D eigenvalue weighted by Crippen LogP contribution is -2.33. The first-order valence-electron chi connectivity index (χ1n) is 3.47. The number of hydrogen-bond donors (Lipinski definition) is 2. The van der Waals surface area contributed by atoms with Gasteiger partial charge in [-0.25, -0.2) is 0 Å². The molecule has 0 spiro atoms. The Morgan fingerprint density at radius 2 is 1.90 bits per heavy atom. The first kappa shape index (κ1) is 10.7. The lowest BCUT2D eigenvalue weighted by molar-refractivity contribution is 0.330. The van der Waals surface area contributed by atoms with E-state index in [0.717, 1.165) is 18.8 Å². The van der Waals surface area contributed by atoms with Crippen molar-refractivity contribution in [1.82, 2.24) is 4.90 Å². The SMILES string of the molecule is CN(CCS)CC(C)(C)S. The van der Waals surface area contributed by atoms with Crippen LogP contribution in [0.3, 0.4) is 0 Å². The van der Waals surface area contributed by atoms with Gasteiger partial charge in [-0.3, -0.25) is 0 Å². The second-order valence-corrected chi connectivity index (χ2v) is 4.93. The first-order chi connectivity index (χ1) is 4.45. The molecular formula is C7H17NS2. The molecule has 0 atom stereocenters. The maximum absolute atomic E-state index is 4.42. The predicted molar refractivity (Wildman–Crippen MR) is 54.4 cm³/mol. The summed E-state index contributed by atoms with van der Waals surface area (Å²) >= 11 is 8.56. The quantitative estimate of drug-likeness (QED) is 0.620. The van der Waals surface area contributed by atoms with Crippen LogP contribution in [0.2, 0.25) is 0 Å². The van der Waals surface area contributed by atoms with E-state index in [4.69, 9.17) is 0 Å². The number of thiol groups is 2. The standard InChI is InChI=1S/C7H17NS2/c1-7(2,10)6-8(3)4-5-9/h9-10H,4-6H2,1-3H3. The van der Waals surface area contributed by atoms with E-state index in [9.17, 15) is 0 Å². The van der Waals surface area contributed by atoms with Crippen molar-refractivity contribution in [3.63, 3.8) is 0 Å². The Bertz CT molecular complexity index is 88.1. The molecule has 0 radical (unpaired) electrons. The molecule has 62 valence electrons. The third-order valence-corrected chi connectivity index (χ3v) is 1.48. The fraction of sp³-hybridized carbons (Fsp3) is 1.00. The molecule has 10 heavy (non-hydrogen) atoms. The van der Waals surface area contributed by atoms with E-state index >= 15 is 0 Å². The zero-order valence-electron chi connectivity index (χ0n) is 6.96. The molecule has 3 heteroatoms. The molecule has 0 saturated heterocycles. The van der Waals surface area contributed by atoms with Crippen LogP contribution < -0.4 is 0 Å². The molecule has 0 aromatic carbocycles. The topological polar surface area (TPSA) is 3.24 Å². The summed E-state index contributed by atoms with van der Waals surface area (Å²) in [7, 11) is 2.09. The van der Waals surface area contributed by atoms with Crippen LogP contribution in [-0.2, 0) is 0 Å². The molecule has 0 amide bonds. The van der Waals surface area contributed by atoms with Crippen molar-refractivity contribution in [1.29, 1.82) is 0 Å². The number of hydrogen-bond acceptors (Lipinski definition) is 3. The summed E-state index contributed by atoms with van der Waals surface area (Å²) < 4.78 is 0.109. The van der Waals surface area contributed by atoms with Crippen molar-refractivity contribution in [2.75, 3.05) is 25.9 Å². The molecule has 0 aromatic rings. The van der Waals surface area contributed by atoms with Crippen molar-refractivity contribution in [2.45, 2.75) is 18.6 Å². The Balaban J connectivity index is 3.47. The normalized spacial score (nSPS) is 12.6. The van der Waals surface area contributed by atoms with Crippen molar-refractivity contribution in [3.05, 3.63) is 0 Å². The van der Waals surface area contributed by atoms with Gasteiger partial charge in [-0.2, -0.15) is 25.3 Å². The lowest BCUT2D eigenvalue weighted by Gasteiger charge is -2.24. The molecule has 0 unspecified atom stereocenters. The van der Waals surface area contributed by atoms with Gasteiger partial charge in [0.05, 0.1) is 0 Å². The van der Waals surface area contributed by atoms with Crippen LogP contribution in [-0.4, -0.2) is 35.5 Å². The van der Waals surface area contributed by atoms with Crippen molar-refractivity contribution < 1.29 is 0 Å². The number of rotatable bonds is 4. The minimum absolute atomic E-state index is 0.109. The monoisotopic (exact) mass is 179 g/mol. The summed E-state index contributed by atoms with van der Waals surface area (Å²) in [5.74, 6) is 0.917. The highest BCUT2D eigenvalue weighted by Crippen LogP contribution is 2.12. The number of nitrogens with zero attached hydrogens (tertiary/aromatic N) is 1. The maximum Gasteiger partial charge on any atom is 0.0200 e. The predicted octanol–water partition coefficient (Wildman–Crippen LogP) is 1.56. The molecule has 0 N–H and O–H groups in total.